The third kappa shape index (κ3) is 5.05. The van der Waals surface area contributed by atoms with Crippen LogP contribution >= 0.6 is 11.6 Å². The Morgan fingerprint density at radius 1 is 1.03 bits per heavy atom. The molecular formula is C28H25ClN2O7. The fraction of sp³-hybridized carbons (Fsp3) is 0.214. The molecule has 1 fully saturated rings. The van der Waals surface area contributed by atoms with Crippen molar-refractivity contribution in [2.24, 2.45) is 0 Å². The fourth-order valence-corrected chi connectivity index (χ4v) is 4.52. The Hall–Kier alpha value is -4.37. The van der Waals surface area contributed by atoms with Gasteiger partial charge < -0.3 is 24.2 Å². The van der Waals surface area contributed by atoms with Crippen molar-refractivity contribution in [1.29, 1.82) is 0 Å². The third-order valence-corrected chi connectivity index (χ3v) is 6.40. The maximum Gasteiger partial charge on any atom is 0.338 e. The predicted molar refractivity (Wildman–Crippen MR) is 139 cm³/mol. The number of pyridine rings is 1. The molecule has 3 aromatic rings. The van der Waals surface area contributed by atoms with E-state index in [2.05, 4.69) is 4.98 Å². The number of esters is 1. The van der Waals surface area contributed by atoms with Crippen molar-refractivity contribution in [3.63, 3.8) is 0 Å². The molecule has 10 heteroatoms. The molecule has 9 nitrogen and oxygen atoms in total. The van der Waals surface area contributed by atoms with Gasteiger partial charge in [-0.05, 0) is 48.4 Å². The molecule has 4 rings (SSSR count). The first kappa shape index (κ1) is 26.7. The standard InChI is InChI=1S/C28H25ClN2O7/c1-4-38-28(35)18-7-5-16(6-8-18)15-31-24(17-9-11-30-12-10-17)23(26(33)27(31)34)25(32)19-13-20(29)22(37-3)14-21(19)36-2/h5-14,24,32H,4,15H2,1-3H3/b25-23+. The van der Waals surface area contributed by atoms with Gasteiger partial charge in [-0.1, -0.05) is 23.7 Å². The van der Waals surface area contributed by atoms with Crippen LogP contribution in [0.4, 0.5) is 0 Å². The van der Waals surface area contributed by atoms with E-state index in [0.717, 1.165) is 0 Å². The first-order valence-corrected chi connectivity index (χ1v) is 12.0. The topological polar surface area (TPSA) is 115 Å². The zero-order valence-corrected chi connectivity index (χ0v) is 21.7. The minimum Gasteiger partial charge on any atom is -0.507 e. The average Bonchev–Trinajstić information content (AvgIpc) is 3.18. The molecule has 0 bridgehead atoms. The number of amides is 1. The van der Waals surface area contributed by atoms with E-state index in [9.17, 15) is 19.5 Å². The summed E-state index contributed by atoms with van der Waals surface area (Å²) in [5.74, 6) is -2.02. The number of rotatable bonds is 8. The van der Waals surface area contributed by atoms with E-state index < -0.39 is 29.5 Å². The summed E-state index contributed by atoms with van der Waals surface area (Å²) in [6, 6.07) is 11.9. The summed E-state index contributed by atoms with van der Waals surface area (Å²) in [4.78, 5) is 44.0. The quantitative estimate of drug-likeness (QED) is 0.193. The Kier molecular flexibility index (Phi) is 7.97. The van der Waals surface area contributed by atoms with Gasteiger partial charge in [-0.2, -0.15) is 0 Å². The van der Waals surface area contributed by atoms with Crippen molar-refractivity contribution >= 4 is 35.0 Å². The molecule has 1 saturated heterocycles. The highest BCUT2D eigenvalue weighted by molar-refractivity contribution is 6.46. The highest BCUT2D eigenvalue weighted by atomic mass is 35.5. The van der Waals surface area contributed by atoms with E-state index in [0.29, 0.717) is 22.4 Å². The average molecular weight is 537 g/mol. The second-order valence-electron chi connectivity index (χ2n) is 8.31. The molecule has 0 radical (unpaired) electrons. The number of hydrogen-bond acceptors (Lipinski definition) is 8. The van der Waals surface area contributed by atoms with E-state index in [-0.39, 0.29) is 35.1 Å². The van der Waals surface area contributed by atoms with Gasteiger partial charge in [-0.25, -0.2) is 4.79 Å². The lowest BCUT2D eigenvalue weighted by Gasteiger charge is -2.25. The number of nitrogens with zero attached hydrogens (tertiary/aromatic N) is 2. The van der Waals surface area contributed by atoms with Crippen LogP contribution in [0.25, 0.3) is 5.76 Å². The number of carbonyl (C=O) groups is 3. The first-order valence-electron chi connectivity index (χ1n) is 11.7. The number of ether oxygens (including phenoxy) is 3. The van der Waals surface area contributed by atoms with Crippen LogP contribution < -0.4 is 9.47 Å². The van der Waals surface area contributed by atoms with Gasteiger partial charge in [-0.15, -0.1) is 0 Å². The number of aromatic nitrogens is 1. The van der Waals surface area contributed by atoms with Crippen LogP contribution in [0.2, 0.25) is 5.02 Å². The van der Waals surface area contributed by atoms with Crippen molar-refractivity contribution in [2.45, 2.75) is 19.5 Å². The fourth-order valence-electron chi connectivity index (χ4n) is 4.28. The molecule has 2 heterocycles. The summed E-state index contributed by atoms with van der Waals surface area (Å²) < 4.78 is 15.6. The summed E-state index contributed by atoms with van der Waals surface area (Å²) in [6.45, 7) is 2.01. The van der Waals surface area contributed by atoms with E-state index in [1.807, 2.05) is 0 Å². The Bertz CT molecular complexity index is 1400. The number of Topliss-reactive ketones (excluding diaryl/α,β-unsaturated/α-hetero) is 1. The summed E-state index contributed by atoms with van der Waals surface area (Å²) >= 11 is 6.30. The number of aliphatic hydroxyl groups is 1. The van der Waals surface area contributed by atoms with Gasteiger partial charge in [0, 0.05) is 25.0 Å². The zero-order chi connectivity index (χ0) is 27.4. The lowest BCUT2D eigenvalue weighted by Crippen LogP contribution is -2.29. The number of carbonyl (C=O) groups excluding carboxylic acids is 3. The van der Waals surface area contributed by atoms with E-state index in [1.54, 1.807) is 43.3 Å². The minimum absolute atomic E-state index is 0.0396. The van der Waals surface area contributed by atoms with Crippen LogP contribution in [-0.4, -0.2) is 53.5 Å². The summed E-state index contributed by atoms with van der Waals surface area (Å²) in [7, 11) is 2.84. The second kappa shape index (κ2) is 11.4. The maximum absolute atomic E-state index is 13.3. The molecule has 0 spiro atoms. The predicted octanol–water partition coefficient (Wildman–Crippen LogP) is 4.55. The van der Waals surface area contributed by atoms with Gasteiger partial charge in [0.2, 0.25) is 0 Å². The molecule has 196 valence electrons. The normalized spacial score (nSPS) is 16.4. The van der Waals surface area contributed by atoms with Crippen molar-refractivity contribution in [3.8, 4) is 11.5 Å². The maximum atomic E-state index is 13.3. The van der Waals surface area contributed by atoms with Crippen LogP contribution in [0.5, 0.6) is 11.5 Å². The summed E-state index contributed by atoms with van der Waals surface area (Å²) in [6.07, 6.45) is 3.07. The SMILES string of the molecule is CCOC(=O)c1ccc(CN2C(=O)C(=O)/C(=C(/O)c3cc(Cl)c(OC)cc3OC)C2c2ccncc2)cc1. The summed E-state index contributed by atoms with van der Waals surface area (Å²) in [5, 5.41) is 11.6. The number of hydrogen-bond donors (Lipinski definition) is 1. The molecule has 0 saturated carbocycles. The lowest BCUT2D eigenvalue weighted by molar-refractivity contribution is -0.140. The van der Waals surface area contributed by atoms with E-state index in [4.69, 9.17) is 25.8 Å². The molecule has 2 aromatic carbocycles. The van der Waals surface area contributed by atoms with Crippen LogP contribution in [0.3, 0.4) is 0 Å². The van der Waals surface area contributed by atoms with Crippen LogP contribution in [-0.2, 0) is 20.9 Å². The van der Waals surface area contributed by atoms with Crippen molar-refractivity contribution < 1.29 is 33.7 Å². The molecule has 38 heavy (non-hydrogen) atoms. The smallest absolute Gasteiger partial charge is 0.338 e. The highest BCUT2D eigenvalue weighted by Gasteiger charge is 2.46. The number of benzene rings is 2. The van der Waals surface area contributed by atoms with Gasteiger partial charge in [0.15, 0.2) is 0 Å². The number of methoxy groups -OCH3 is 2. The molecule has 1 amide bonds. The number of likely N-dealkylation sites (tertiary alicyclic amines) is 1. The summed E-state index contributed by atoms with van der Waals surface area (Å²) in [5.41, 5.74) is 1.62. The van der Waals surface area contributed by atoms with Crippen molar-refractivity contribution in [3.05, 3.63) is 93.8 Å². The van der Waals surface area contributed by atoms with Gasteiger partial charge in [-0.3, -0.25) is 14.6 Å². The van der Waals surface area contributed by atoms with E-state index >= 15 is 0 Å². The Balaban J connectivity index is 1.81. The highest BCUT2D eigenvalue weighted by Crippen LogP contribution is 2.43. The van der Waals surface area contributed by atoms with Crippen LogP contribution in [0.15, 0.2) is 66.5 Å². The van der Waals surface area contributed by atoms with Gasteiger partial charge in [0.05, 0.1) is 48.6 Å². The lowest BCUT2D eigenvalue weighted by atomic mass is 9.95. The van der Waals surface area contributed by atoms with Crippen LogP contribution in [0, 0.1) is 0 Å². The van der Waals surface area contributed by atoms with E-state index in [1.165, 1.54) is 43.6 Å². The molecule has 0 aliphatic carbocycles. The monoisotopic (exact) mass is 536 g/mol. The number of halogens is 1. The first-order chi connectivity index (χ1) is 18.3. The molecule has 1 aromatic heterocycles. The Labute approximate surface area is 224 Å². The number of aliphatic hydroxyl groups excluding tert-OH is 1. The molecule has 1 aliphatic heterocycles. The molecular weight excluding hydrogens is 512 g/mol. The van der Waals surface area contributed by atoms with Gasteiger partial charge in [0.1, 0.15) is 17.3 Å². The largest absolute Gasteiger partial charge is 0.507 e. The zero-order valence-electron chi connectivity index (χ0n) is 20.9. The second-order valence-corrected chi connectivity index (χ2v) is 8.72. The Morgan fingerprint density at radius 3 is 2.29 bits per heavy atom. The molecule has 1 unspecified atom stereocenters. The minimum atomic E-state index is -0.923. The third-order valence-electron chi connectivity index (χ3n) is 6.11. The van der Waals surface area contributed by atoms with Crippen molar-refractivity contribution in [2.75, 3.05) is 20.8 Å². The molecule has 1 N–H and O–H groups in total. The Morgan fingerprint density at radius 2 is 1.68 bits per heavy atom. The van der Waals surface area contributed by atoms with Gasteiger partial charge in [0.25, 0.3) is 11.7 Å². The molecule has 1 atom stereocenters. The van der Waals surface area contributed by atoms with Crippen molar-refractivity contribution in [1.82, 2.24) is 9.88 Å². The number of ketones is 1. The molecule has 1 aliphatic rings. The van der Waals surface area contributed by atoms with Crippen LogP contribution in [0.1, 0.15) is 40.0 Å². The van der Waals surface area contributed by atoms with Gasteiger partial charge >= 0.3 is 5.97 Å².